The van der Waals surface area contributed by atoms with Gasteiger partial charge in [0.05, 0.1) is 12.6 Å². The van der Waals surface area contributed by atoms with E-state index in [0.29, 0.717) is 5.92 Å². The lowest BCUT2D eigenvalue weighted by atomic mass is 10.0. The molecule has 0 bridgehead atoms. The Morgan fingerprint density at radius 3 is 2.95 bits per heavy atom. The zero-order chi connectivity index (χ0) is 14.5. The lowest BCUT2D eigenvalue weighted by Crippen LogP contribution is -2.36. The number of nitrogens with one attached hydrogen (secondary N) is 1. The van der Waals surface area contributed by atoms with Crippen molar-refractivity contribution in [1.29, 1.82) is 0 Å². The molecule has 0 spiro atoms. The predicted molar refractivity (Wildman–Crippen MR) is 85.5 cm³/mol. The van der Waals surface area contributed by atoms with Gasteiger partial charge in [-0.3, -0.25) is 0 Å². The largest absolute Gasteiger partial charge is 0.394 e. The molecule has 112 valence electrons. The Hall–Kier alpha value is -0.770. The summed E-state index contributed by atoms with van der Waals surface area (Å²) >= 11 is 6.38. The van der Waals surface area contributed by atoms with Crippen LogP contribution in [0.3, 0.4) is 0 Å². The summed E-state index contributed by atoms with van der Waals surface area (Å²) in [7, 11) is 0. The molecule has 2 atom stereocenters. The quantitative estimate of drug-likeness (QED) is 0.792. The highest BCUT2D eigenvalue weighted by Crippen LogP contribution is 2.34. The van der Waals surface area contributed by atoms with E-state index in [2.05, 4.69) is 30.1 Å². The molecule has 1 heterocycles. The van der Waals surface area contributed by atoms with Gasteiger partial charge in [0.1, 0.15) is 0 Å². The standard InChI is InChI=1S/C16H25ClN2O/c1-3-8-18-10-13-14(17)5-4-6-15(13)19-9-7-12(2)16(19)11-20/h4-6,12,16,18,20H,3,7-11H2,1-2H3. The molecule has 1 aliphatic rings. The predicted octanol–water partition coefficient (Wildman–Crippen LogP) is 3.05. The lowest BCUT2D eigenvalue weighted by molar-refractivity contribution is 0.244. The van der Waals surface area contributed by atoms with Gasteiger partial charge >= 0.3 is 0 Å². The van der Waals surface area contributed by atoms with E-state index in [0.717, 1.165) is 43.1 Å². The van der Waals surface area contributed by atoms with Crippen LogP contribution in [-0.4, -0.2) is 30.8 Å². The number of hydrogen-bond donors (Lipinski definition) is 2. The normalized spacial score (nSPS) is 22.5. The van der Waals surface area contributed by atoms with Gasteiger partial charge in [0.2, 0.25) is 0 Å². The summed E-state index contributed by atoms with van der Waals surface area (Å²) in [5.74, 6) is 0.524. The molecule has 0 radical (unpaired) electrons. The van der Waals surface area contributed by atoms with Gasteiger partial charge in [-0.25, -0.2) is 0 Å². The van der Waals surface area contributed by atoms with E-state index in [9.17, 15) is 5.11 Å². The fourth-order valence-electron chi connectivity index (χ4n) is 2.97. The van der Waals surface area contributed by atoms with Crippen molar-refractivity contribution in [2.75, 3.05) is 24.6 Å². The van der Waals surface area contributed by atoms with Crippen LogP contribution in [0, 0.1) is 5.92 Å². The molecule has 4 heteroatoms. The number of aliphatic hydroxyl groups is 1. The highest BCUT2D eigenvalue weighted by Gasteiger charge is 2.31. The summed E-state index contributed by atoms with van der Waals surface area (Å²) in [5, 5.41) is 13.9. The van der Waals surface area contributed by atoms with Gasteiger partial charge in [-0.1, -0.05) is 31.5 Å². The molecule has 3 nitrogen and oxygen atoms in total. The molecule has 2 unspecified atom stereocenters. The second-order valence-electron chi connectivity index (χ2n) is 5.62. The summed E-state index contributed by atoms with van der Waals surface area (Å²) in [5.41, 5.74) is 2.32. The molecule has 0 aromatic heterocycles. The maximum Gasteiger partial charge on any atom is 0.0637 e. The average Bonchev–Trinajstić information content (AvgIpc) is 2.81. The van der Waals surface area contributed by atoms with Crippen molar-refractivity contribution in [3.8, 4) is 0 Å². The minimum Gasteiger partial charge on any atom is -0.394 e. The van der Waals surface area contributed by atoms with E-state index in [-0.39, 0.29) is 12.6 Å². The second kappa shape index (κ2) is 7.30. The zero-order valence-electron chi connectivity index (χ0n) is 12.4. The van der Waals surface area contributed by atoms with Crippen LogP contribution in [0.15, 0.2) is 18.2 Å². The van der Waals surface area contributed by atoms with Crippen molar-refractivity contribution < 1.29 is 5.11 Å². The molecule has 0 amide bonds. The molecule has 0 aliphatic carbocycles. The molecule has 2 N–H and O–H groups in total. The third-order valence-corrected chi connectivity index (χ3v) is 4.56. The highest BCUT2D eigenvalue weighted by molar-refractivity contribution is 6.31. The molecule has 2 rings (SSSR count). The number of nitrogens with zero attached hydrogens (tertiary/aromatic N) is 1. The maximum atomic E-state index is 9.65. The van der Waals surface area contributed by atoms with E-state index < -0.39 is 0 Å². The summed E-state index contributed by atoms with van der Waals surface area (Å²) in [6.07, 6.45) is 2.24. The summed E-state index contributed by atoms with van der Waals surface area (Å²) in [6.45, 7) is 7.34. The SMILES string of the molecule is CCCNCc1c(Cl)cccc1N1CCC(C)C1CO. The van der Waals surface area contributed by atoms with Crippen molar-refractivity contribution >= 4 is 17.3 Å². The fraction of sp³-hybridized carbons (Fsp3) is 0.625. The third kappa shape index (κ3) is 3.27. The minimum atomic E-state index is 0.204. The van der Waals surface area contributed by atoms with E-state index in [1.165, 1.54) is 5.69 Å². The van der Waals surface area contributed by atoms with Crippen LogP contribution < -0.4 is 10.2 Å². The maximum absolute atomic E-state index is 9.65. The molecule has 20 heavy (non-hydrogen) atoms. The van der Waals surface area contributed by atoms with Crippen LogP contribution in [0.25, 0.3) is 0 Å². The van der Waals surface area contributed by atoms with Crippen LogP contribution in [0.5, 0.6) is 0 Å². The molecule has 1 aliphatic heterocycles. The number of anilines is 1. The number of benzene rings is 1. The molecule has 1 aromatic carbocycles. The van der Waals surface area contributed by atoms with E-state index >= 15 is 0 Å². The third-order valence-electron chi connectivity index (χ3n) is 4.20. The van der Waals surface area contributed by atoms with Gasteiger partial charge in [-0.05, 0) is 37.4 Å². The van der Waals surface area contributed by atoms with Crippen molar-refractivity contribution in [1.82, 2.24) is 5.32 Å². The van der Waals surface area contributed by atoms with Crippen LogP contribution in [0.4, 0.5) is 5.69 Å². The van der Waals surface area contributed by atoms with E-state index in [1.807, 2.05) is 12.1 Å². The van der Waals surface area contributed by atoms with Gasteiger partial charge < -0.3 is 15.3 Å². The number of hydrogen-bond acceptors (Lipinski definition) is 3. The Kier molecular flexibility index (Phi) is 5.70. The molecular formula is C16H25ClN2O. The first-order valence-electron chi connectivity index (χ1n) is 7.54. The van der Waals surface area contributed by atoms with E-state index in [4.69, 9.17) is 11.6 Å². The molecule has 1 fully saturated rings. The zero-order valence-corrected chi connectivity index (χ0v) is 13.2. The highest BCUT2D eigenvalue weighted by atomic mass is 35.5. The lowest BCUT2D eigenvalue weighted by Gasteiger charge is -2.30. The topological polar surface area (TPSA) is 35.5 Å². The van der Waals surface area contributed by atoms with Gasteiger partial charge in [-0.15, -0.1) is 0 Å². The molecule has 1 saturated heterocycles. The molecule has 0 saturated carbocycles. The van der Waals surface area contributed by atoms with Gasteiger partial charge in [0.15, 0.2) is 0 Å². The van der Waals surface area contributed by atoms with Gasteiger partial charge in [0.25, 0.3) is 0 Å². The number of halogens is 1. The Morgan fingerprint density at radius 2 is 2.25 bits per heavy atom. The first-order chi connectivity index (χ1) is 9.69. The number of aliphatic hydroxyl groups excluding tert-OH is 1. The van der Waals surface area contributed by atoms with Crippen LogP contribution in [0.1, 0.15) is 32.3 Å². The first-order valence-corrected chi connectivity index (χ1v) is 7.92. The van der Waals surface area contributed by atoms with Crippen molar-refractivity contribution in [2.24, 2.45) is 5.92 Å². The Bertz CT molecular complexity index is 438. The van der Waals surface area contributed by atoms with E-state index in [1.54, 1.807) is 0 Å². The summed E-state index contributed by atoms with van der Waals surface area (Å²) in [4.78, 5) is 2.32. The Balaban J connectivity index is 2.24. The van der Waals surface area contributed by atoms with Crippen LogP contribution >= 0.6 is 11.6 Å². The van der Waals surface area contributed by atoms with Gasteiger partial charge in [-0.2, -0.15) is 0 Å². The minimum absolute atomic E-state index is 0.204. The molecular weight excluding hydrogens is 272 g/mol. The monoisotopic (exact) mass is 296 g/mol. The fourth-order valence-corrected chi connectivity index (χ4v) is 3.20. The summed E-state index contributed by atoms with van der Waals surface area (Å²) < 4.78 is 0. The van der Waals surface area contributed by atoms with Crippen molar-refractivity contribution in [3.63, 3.8) is 0 Å². The average molecular weight is 297 g/mol. The number of rotatable bonds is 6. The van der Waals surface area contributed by atoms with Crippen molar-refractivity contribution in [3.05, 3.63) is 28.8 Å². The van der Waals surface area contributed by atoms with Crippen LogP contribution in [0.2, 0.25) is 5.02 Å². The van der Waals surface area contributed by atoms with Gasteiger partial charge in [0, 0.05) is 29.4 Å². The van der Waals surface area contributed by atoms with Crippen LogP contribution in [-0.2, 0) is 6.54 Å². The Morgan fingerprint density at radius 1 is 1.45 bits per heavy atom. The first kappa shape index (κ1) is 15.6. The Labute approximate surface area is 126 Å². The molecule has 1 aromatic rings. The second-order valence-corrected chi connectivity index (χ2v) is 6.03. The van der Waals surface area contributed by atoms with Crippen molar-refractivity contribution in [2.45, 2.75) is 39.3 Å². The summed E-state index contributed by atoms with van der Waals surface area (Å²) in [6, 6.07) is 6.27. The smallest absolute Gasteiger partial charge is 0.0637 e.